The van der Waals surface area contributed by atoms with Crippen LogP contribution in [0.5, 0.6) is 0 Å². The minimum atomic E-state index is -0.397. The second kappa shape index (κ2) is 6.81. The summed E-state index contributed by atoms with van der Waals surface area (Å²) >= 11 is 0. The van der Waals surface area contributed by atoms with Gasteiger partial charge in [-0.3, -0.25) is 9.89 Å². The van der Waals surface area contributed by atoms with Crippen LogP contribution in [0.1, 0.15) is 29.6 Å². The van der Waals surface area contributed by atoms with Gasteiger partial charge in [0.15, 0.2) is 0 Å². The van der Waals surface area contributed by atoms with E-state index in [1.165, 1.54) is 18.3 Å². The lowest BCUT2D eigenvalue weighted by Crippen LogP contribution is -2.58. The highest BCUT2D eigenvalue weighted by Crippen LogP contribution is 2.37. The van der Waals surface area contributed by atoms with E-state index in [2.05, 4.69) is 15.5 Å². The zero-order valence-electron chi connectivity index (χ0n) is 14.5. The van der Waals surface area contributed by atoms with Gasteiger partial charge in [-0.1, -0.05) is 12.1 Å². The maximum absolute atomic E-state index is 13.6. The number of hydrogen-bond donors (Lipinski definition) is 3. The van der Waals surface area contributed by atoms with Crippen LogP contribution in [0.2, 0.25) is 0 Å². The average Bonchev–Trinajstić information content (AvgIpc) is 3.14. The molecule has 0 saturated carbocycles. The summed E-state index contributed by atoms with van der Waals surface area (Å²) in [5, 5.41) is 20.7. The molecule has 0 unspecified atom stereocenters. The zero-order chi connectivity index (χ0) is 18.1. The average molecular weight is 358 g/mol. The number of piperidine rings is 2. The monoisotopic (exact) mass is 358 g/mol. The molecule has 0 radical (unpaired) electrons. The van der Waals surface area contributed by atoms with Crippen molar-refractivity contribution in [2.24, 2.45) is 5.41 Å². The van der Waals surface area contributed by atoms with E-state index in [0.29, 0.717) is 36.3 Å². The predicted octanol–water partition coefficient (Wildman–Crippen LogP) is 1.79. The van der Waals surface area contributed by atoms with Gasteiger partial charge < -0.3 is 15.3 Å². The van der Waals surface area contributed by atoms with Crippen LogP contribution in [0, 0.1) is 11.2 Å². The third-order valence-electron chi connectivity index (χ3n) is 5.66. The van der Waals surface area contributed by atoms with E-state index in [9.17, 15) is 14.3 Å². The number of nitrogens with zero attached hydrogens (tertiary/aromatic N) is 2. The first-order valence-electron chi connectivity index (χ1n) is 9.06. The molecular formula is C19H23FN4O2. The standard InChI is InChI=1S/C19H23FN4O2/c20-14-4-1-3-13(9-14)17-15(10-22-23-17)18(26)24-8-2-6-19(12-24)11-21-7-5-16(19)25/h1,3-4,9-10,16,21,25H,2,5-8,11-12H2,(H,22,23)/t16-,19-/m0/s1. The van der Waals surface area contributed by atoms with Crippen LogP contribution in [0.3, 0.4) is 0 Å². The van der Waals surface area contributed by atoms with Crippen LogP contribution in [0.25, 0.3) is 11.3 Å². The number of aliphatic hydroxyl groups excluding tert-OH is 1. The van der Waals surface area contributed by atoms with E-state index >= 15 is 0 Å². The number of aliphatic hydroxyl groups is 1. The zero-order valence-corrected chi connectivity index (χ0v) is 14.5. The van der Waals surface area contributed by atoms with Crippen LogP contribution in [-0.2, 0) is 0 Å². The van der Waals surface area contributed by atoms with Gasteiger partial charge in [-0.05, 0) is 37.9 Å². The molecule has 6 nitrogen and oxygen atoms in total. The summed E-state index contributed by atoms with van der Waals surface area (Å²) in [7, 11) is 0. The summed E-state index contributed by atoms with van der Waals surface area (Å²) in [6.07, 6.45) is 3.58. The van der Waals surface area contributed by atoms with Gasteiger partial charge in [-0.2, -0.15) is 5.10 Å². The van der Waals surface area contributed by atoms with E-state index in [1.807, 2.05) is 0 Å². The third kappa shape index (κ3) is 3.01. The Morgan fingerprint density at radius 2 is 2.31 bits per heavy atom. The minimum absolute atomic E-state index is 0.130. The molecule has 7 heteroatoms. The highest BCUT2D eigenvalue weighted by Gasteiger charge is 2.44. The molecule has 3 heterocycles. The van der Waals surface area contributed by atoms with E-state index < -0.39 is 6.10 Å². The molecular weight excluding hydrogens is 335 g/mol. The summed E-state index contributed by atoms with van der Waals surface area (Å²) in [6, 6.07) is 6.11. The third-order valence-corrected chi connectivity index (χ3v) is 5.66. The normalized spacial score (nSPS) is 26.2. The number of amides is 1. The SMILES string of the molecule is O=C(c1cn[nH]c1-c1cccc(F)c1)N1CCC[C@]2(CNCC[C@@H]2O)C1. The van der Waals surface area contributed by atoms with E-state index in [4.69, 9.17) is 0 Å². The number of aromatic nitrogens is 2. The lowest BCUT2D eigenvalue weighted by molar-refractivity contribution is -0.0432. The Bertz CT molecular complexity index is 804. The molecule has 1 aromatic carbocycles. The topological polar surface area (TPSA) is 81.2 Å². The fourth-order valence-corrected chi connectivity index (χ4v) is 4.23. The summed E-state index contributed by atoms with van der Waals surface area (Å²) in [5.41, 5.74) is 1.27. The molecule has 0 bridgehead atoms. The van der Waals surface area contributed by atoms with Gasteiger partial charge in [0.2, 0.25) is 0 Å². The van der Waals surface area contributed by atoms with Gasteiger partial charge in [0, 0.05) is 30.6 Å². The summed E-state index contributed by atoms with van der Waals surface area (Å²) in [4.78, 5) is 14.9. The van der Waals surface area contributed by atoms with Crippen LogP contribution in [-0.4, -0.2) is 58.4 Å². The van der Waals surface area contributed by atoms with E-state index in [0.717, 1.165) is 25.9 Å². The molecule has 2 fully saturated rings. The lowest BCUT2D eigenvalue weighted by atomic mass is 9.72. The first kappa shape index (κ1) is 17.2. The number of carbonyl (C=O) groups excluding carboxylic acids is 1. The molecule has 2 saturated heterocycles. The lowest BCUT2D eigenvalue weighted by Gasteiger charge is -2.48. The van der Waals surface area contributed by atoms with Gasteiger partial charge in [-0.25, -0.2) is 4.39 Å². The molecule has 0 aliphatic carbocycles. The molecule has 2 aliphatic rings. The molecule has 2 aliphatic heterocycles. The van der Waals surface area contributed by atoms with Crippen molar-refractivity contribution in [1.29, 1.82) is 0 Å². The maximum Gasteiger partial charge on any atom is 0.257 e. The number of nitrogens with one attached hydrogen (secondary N) is 2. The van der Waals surface area contributed by atoms with Crippen molar-refractivity contribution in [1.82, 2.24) is 20.4 Å². The van der Waals surface area contributed by atoms with Crippen LogP contribution >= 0.6 is 0 Å². The van der Waals surface area contributed by atoms with Crippen molar-refractivity contribution < 1.29 is 14.3 Å². The van der Waals surface area contributed by atoms with Crippen molar-refractivity contribution in [3.8, 4) is 11.3 Å². The number of benzene rings is 1. The molecule has 26 heavy (non-hydrogen) atoms. The Hall–Kier alpha value is -2.25. The van der Waals surface area contributed by atoms with Crippen molar-refractivity contribution >= 4 is 5.91 Å². The molecule has 2 atom stereocenters. The van der Waals surface area contributed by atoms with Crippen LogP contribution < -0.4 is 5.32 Å². The number of H-pyrrole nitrogens is 1. The molecule has 4 rings (SSSR count). The fraction of sp³-hybridized carbons (Fsp3) is 0.474. The van der Waals surface area contributed by atoms with Gasteiger partial charge in [0.25, 0.3) is 5.91 Å². The van der Waals surface area contributed by atoms with Gasteiger partial charge in [-0.15, -0.1) is 0 Å². The number of likely N-dealkylation sites (tertiary alicyclic amines) is 1. The van der Waals surface area contributed by atoms with Crippen molar-refractivity contribution in [2.45, 2.75) is 25.4 Å². The number of rotatable bonds is 2. The first-order valence-corrected chi connectivity index (χ1v) is 9.06. The maximum atomic E-state index is 13.6. The highest BCUT2D eigenvalue weighted by atomic mass is 19.1. The number of aromatic amines is 1. The fourth-order valence-electron chi connectivity index (χ4n) is 4.23. The van der Waals surface area contributed by atoms with E-state index in [-0.39, 0.29) is 17.1 Å². The highest BCUT2D eigenvalue weighted by molar-refractivity contribution is 5.99. The van der Waals surface area contributed by atoms with E-state index in [1.54, 1.807) is 17.0 Å². The largest absolute Gasteiger partial charge is 0.392 e. The van der Waals surface area contributed by atoms with Crippen LogP contribution in [0.4, 0.5) is 4.39 Å². The smallest absolute Gasteiger partial charge is 0.257 e. The van der Waals surface area contributed by atoms with Crippen molar-refractivity contribution in [3.05, 3.63) is 41.8 Å². The quantitative estimate of drug-likeness (QED) is 0.765. The molecule has 138 valence electrons. The number of halogens is 1. The Labute approximate surface area is 151 Å². The second-order valence-corrected chi connectivity index (χ2v) is 7.34. The van der Waals surface area contributed by atoms with Crippen molar-refractivity contribution in [2.75, 3.05) is 26.2 Å². The van der Waals surface area contributed by atoms with Gasteiger partial charge >= 0.3 is 0 Å². The summed E-state index contributed by atoms with van der Waals surface area (Å²) in [5.74, 6) is -0.487. The second-order valence-electron chi connectivity index (χ2n) is 7.34. The van der Waals surface area contributed by atoms with Gasteiger partial charge in [0.05, 0.1) is 23.6 Å². The Kier molecular flexibility index (Phi) is 4.50. The Balaban J connectivity index is 1.60. The summed E-state index contributed by atoms with van der Waals surface area (Å²) in [6.45, 7) is 2.71. The van der Waals surface area contributed by atoms with Gasteiger partial charge in [0.1, 0.15) is 5.82 Å². The van der Waals surface area contributed by atoms with Crippen molar-refractivity contribution in [3.63, 3.8) is 0 Å². The molecule has 1 amide bonds. The molecule has 2 aromatic rings. The number of hydrogen-bond acceptors (Lipinski definition) is 4. The molecule has 1 aromatic heterocycles. The molecule has 1 spiro atoms. The Morgan fingerprint density at radius 1 is 1.42 bits per heavy atom. The first-order chi connectivity index (χ1) is 12.6. The number of carbonyl (C=O) groups is 1. The molecule has 3 N–H and O–H groups in total. The summed E-state index contributed by atoms with van der Waals surface area (Å²) < 4.78 is 13.6. The predicted molar refractivity (Wildman–Crippen MR) is 95.0 cm³/mol. The Morgan fingerprint density at radius 3 is 3.12 bits per heavy atom. The minimum Gasteiger partial charge on any atom is -0.392 e. The van der Waals surface area contributed by atoms with Crippen LogP contribution in [0.15, 0.2) is 30.5 Å².